The number of rotatable bonds is 3. The lowest BCUT2D eigenvalue weighted by Gasteiger charge is -2.24. The highest BCUT2D eigenvalue weighted by Gasteiger charge is 2.17. The molecular formula is C9H16O3. The van der Waals surface area contributed by atoms with Gasteiger partial charge >= 0.3 is 0 Å². The molecule has 1 aliphatic rings. The van der Waals surface area contributed by atoms with Crippen LogP contribution in [0, 0.1) is 0 Å². The number of unbranched alkanes of at least 4 members (excludes halogenated alkanes) is 1. The minimum Gasteiger partial charge on any atom is -0.388 e. The third-order valence-electron chi connectivity index (χ3n) is 1.65. The maximum atomic E-state index is 9.02. The predicted octanol–water partition coefficient (Wildman–Crippen LogP) is 1.08. The first-order valence-electron chi connectivity index (χ1n) is 4.41. The monoisotopic (exact) mass is 172 g/mol. The number of aliphatic hydroxyl groups is 1. The van der Waals surface area contributed by atoms with Crippen LogP contribution in [0.3, 0.4) is 0 Å². The van der Waals surface area contributed by atoms with E-state index in [9.17, 15) is 0 Å². The van der Waals surface area contributed by atoms with Crippen molar-refractivity contribution >= 4 is 0 Å². The van der Waals surface area contributed by atoms with Crippen LogP contribution in [0.15, 0.2) is 12.2 Å². The molecule has 0 aromatic rings. The van der Waals surface area contributed by atoms with Crippen LogP contribution in [0.2, 0.25) is 0 Å². The highest BCUT2D eigenvalue weighted by Crippen LogP contribution is 2.07. The lowest BCUT2D eigenvalue weighted by Crippen LogP contribution is -2.34. The van der Waals surface area contributed by atoms with E-state index in [1.807, 2.05) is 12.2 Å². The second-order valence-electron chi connectivity index (χ2n) is 2.91. The van der Waals surface area contributed by atoms with Crippen molar-refractivity contribution < 1.29 is 14.6 Å². The SMILES string of the molecule is CCC/C=C\C1OCC(O)CO1. The Morgan fingerprint density at radius 3 is 2.67 bits per heavy atom. The molecule has 1 rings (SSSR count). The van der Waals surface area contributed by atoms with Crippen molar-refractivity contribution in [3.8, 4) is 0 Å². The zero-order valence-electron chi connectivity index (χ0n) is 7.40. The van der Waals surface area contributed by atoms with Gasteiger partial charge in [-0.25, -0.2) is 0 Å². The van der Waals surface area contributed by atoms with Gasteiger partial charge in [0.05, 0.1) is 13.2 Å². The number of ether oxygens (including phenoxy) is 2. The Morgan fingerprint density at radius 2 is 2.08 bits per heavy atom. The fourth-order valence-corrected chi connectivity index (χ4v) is 0.993. The van der Waals surface area contributed by atoms with Gasteiger partial charge in [0.1, 0.15) is 6.10 Å². The van der Waals surface area contributed by atoms with Crippen LogP contribution in [0.4, 0.5) is 0 Å². The van der Waals surface area contributed by atoms with E-state index >= 15 is 0 Å². The molecule has 0 bridgehead atoms. The van der Waals surface area contributed by atoms with E-state index in [0.717, 1.165) is 12.8 Å². The summed E-state index contributed by atoms with van der Waals surface area (Å²) in [4.78, 5) is 0. The first-order chi connectivity index (χ1) is 5.83. The third kappa shape index (κ3) is 3.34. The van der Waals surface area contributed by atoms with E-state index in [4.69, 9.17) is 14.6 Å². The minimum absolute atomic E-state index is 0.250. The second-order valence-corrected chi connectivity index (χ2v) is 2.91. The standard InChI is InChI=1S/C9H16O3/c1-2-3-4-5-9-11-6-8(10)7-12-9/h4-5,8-10H,2-3,6-7H2,1H3/b5-4-. The van der Waals surface area contributed by atoms with Crippen molar-refractivity contribution in [2.24, 2.45) is 0 Å². The van der Waals surface area contributed by atoms with Crippen molar-refractivity contribution in [2.45, 2.75) is 32.2 Å². The van der Waals surface area contributed by atoms with Gasteiger partial charge in [-0.3, -0.25) is 0 Å². The van der Waals surface area contributed by atoms with Crippen LogP contribution in [0.1, 0.15) is 19.8 Å². The van der Waals surface area contributed by atoms with Crippen LogP contribution in [0.5, 0.6) is 0 Å². The summed E-state index contributed by atoms with van der Waals surface area (Å²) in [5.74, 6) is 0. The van der Waals surface area contributed by atoms with Gasteiger partial charge in [-0.15, -0.1) is 0 Å². The van der Waals surface area contributed by atoms with E-state index in [0.29, 0.717) is 13.2 Å². The summed E-state index contributed by atoms with van der Waals surface area (Å²) < 4.78 is 10.4. The van der Waals surface area contributed by atoms with Crippen molar-refractivity contribution in [1.82, 2.24) is 0 Å². The highest BCUT2D eigenvalue weighted by molar-refractivity contribution is 4.86. The highest BCUT2D eigenvalue weighted by atomic mass is 16.7. The van der Waals surface area contributed by atoms with Crippen LogP contribution in [-0.2, 0) is 9.47 Å². The minimum atomic E-state index is -0.458. The molecule has 0 unspecified atom stereocenters. The molecule has 3 nitrogen and oxygen atoms in total. The van der Waals surface area contributed by atoms with Crippen LogP contribution in [0.25, 0.3) is 0 Å². The van der Waals surface area contributed by atoms with Gasteiger partial charge in [-0.2, -0.15) is 0 Å². The average Bonchev–Trinajstić information content (AvgIpc) is 2.09. The van der Waals surface area contributed by atoms with Crippen LogP contribution < -0.4 is 0 Å². The molecule has 1 aliphatic heterocycles. The molecule has 70 valence electrons. The molecule has 1 N–H and O–H groups in total. The van der Waals surface area contributed by atoms with E-state index in [1.165, 1.54) is 0 Å². The number of hydrogen-bond acceptors (Lipinski definition) is 3. The zero-order chi connectivity index (χ0) is 8.81. The Bertz CT molecular complexity index is 137. The second kappa shape index (κ2) is 5.30. The Morgan fingerprint density at radius 1 is 1.42 bits per heavy atom. The van der Waals surface area contributed by atoms with Gasteiger partial charge in [0.25, 0.3) is 0 Å². The molecule has 1 saturated heterocycles. The number of allylic oxidation sites excluding steroid dienone is 1. The van der Waals surface area contributed by atoms with Gasteiger partial charge in [-0.05, 0) is 12.5 Å². The molecule has 1 heterocycles. The summed E-state index contributed by atoms with van der Waals surface area (Å²) in [6.07, 6.45) is 5.41. The van der Waals surface area contributed by atoms with Gasteiger partial charge in [0, 0.05) is 0 Å². The van der Waals surface area contributed by atoms with Crippen molar-refractivity contribution in [3.05, 3.63) is 12.2 Å². The Hall–Kier alpha value is -0.380. The molecule has 0 aromatic heterocycles. The van der Waals surface area contributed by atoms with Gasteiger partial charge < -0.3 is 14.6 Å². The lowest BCUT2D eigenvalue weighted by molar-refractivity contribution is -0.193. The lowest BCUT2D eigenvalue weighted by atomic mass is 10.3. The third-order valence-corrected chi connectivity index (χ3v) is 1.65. The Labute approximate surface area is 73.0 Å². The molecule has 3 heteroatoms. The molecular weight excluding hydrogens is 156 g/mol. The summed E-state index contributed by atoms with van der Waals surface area (Å²) in [6.45, 7) is 2.87. The smallest absolute Gasteiger partial charge is 0.177 e. The largest absolute Gasteiger partial charge is 0.388 e. The summed E-state index contributed by atoms with van der Waals surface area (Å²) in [7, 11) is 0. The normalized spacial score (nSPS) is 31.2. The molecule has 0 amide bonds. The molecule has 0 saturated carbocycles. The van der Waals surface area contributed by atoms with E-state index in [1.54, 1.807) is 0 Å². The van der Waals surface area contributed by atoms with E-state index in [-0.39, 0.29) is 6.29 Å². The van der Waals surface area contributed by atoms with Gasteiger partial charge in [0.2, 0.25) is 0 Å². The van der Waals surface area contributed by atoms with Crippen LogP contribution in [-0.4, -0.2) is 30.7 Å². The molecule has 0 aliphatic carbocycles. The van der Waals surface area contributed by atoms with Crippen molar-refractivity contribution in [3.63, 3.8) is 0 Å². The summed E-state index contributed by atoms with van der Waals surface area (Å²) >= 11 is 0. The summed E-state index contributed by atoms with van der Waals surface area (Å²) in [5, 5.41) is 9.02. The number of hydrogen-bond donors (Lipinski definition) is 1. The van der Waals surface area contributed by atoms with Crippen molar-refractivity contribution in [2.75, 3.05) is 13.2 Å². The molecule has 1 fully saturated rings. The fraction of sp³-hybridized carbons (Fsp3) is 0.778. The maximum absolute atomic E-state index is 9.02. The van der Waals surface area contributed by atoms with E-state index < -0.39 is 6.10 Å². The first-order valence-corrected chi connectivity index (χ1v) is 4.41. The van der Waals surface area contributed by atoms with Gasteiger partial charge in [0.15, 0.2) is 6.29 Å². The summed E-state index contributed by atoms with van der Waals surface area (Å²) in [6, 6.07) is 0. The van der Waals surface area contributed by atoms with Gasteiger partial charge in [-0.1, -0.05) is 19.4 Å². The topological polar surface area (TPSA) is 38.7 Å². The predicted molar refractivity (Wildman–Crippen MR) is 45.7 cm³/mol. The first kappa shape index (κ1) is 9.71. The quantitative estimate of drug-likeness (QED) is 0.647. The molecule has 0 atom stereocenters. The molecule has 0 spiro atoms. The molecule has 0 aromatic carbocycles. The van der Waals surface area contributed by atoms with Crippen molar-refractivity contribution in [1.29, 1.82) is 0 Å². The maximum Gasteiger partial charge on any atom is 0.177 e. The Kier molecular flexibility index (Phi) is 4.29. The Balaban J connectivity index is 2.17. The fourth-order valence-electron chi connectivity index (χ4n) is 0.993. The zero-order valence-corrected chi connectivity index (χ0v) is 7.40. The molecule has 0 radical (unpaired) electrons. The van der Waals surface area contributed by atoms with E-state index in [2.05, 4.69) is 6.92 Å². The molecule has 12 heavy (non-hydrogen) atoms. The number of aliphatic hydroxyl groups excluding tert-OH is 1. The summed E-state index contributed by atoms with van der Waals surface area (Å²) in [5.41, 5.74) is 0. The van der Waals surface area contributed by atoms with Crippen LogP contribution >= 0.6 is 0 Å². The average molecular weight is 172 g/mol.